The van der Waals surface area contributed by atoms with Crippen LogP contribution in [0.3, 0.4) is 0 Å². The van der Waals surface area contributed by atoms with Crippen molar-refractivity contribution < 1.29 is 14.6 Å². The molecular weight excluding hydrogens is 220 g/mol. The number of hydrogen-bond acceptors (Lipinski definition) is 4. The number of ether oxygens (including phenoxy) is 1. The number of aliphatic hydroxyl groups excluding tert-OH is 1. The van der Waals surface area contributed by atoms with Gasteiger partial charge < -0.3 is 9.84 Å². The molecule has 0 aromatic carbocycles. The molecule has 5 nitrogen and oxygen atoms in total. The maximum absolute atomic E-state index is 12.1. The van der Waals surface area contributed by atoms with Crippen LogP contribution in [0.5, 0.6) is 5.75 Å². The van der Waals surface area contributed by atoms with E-state index in [-0.39, 0.29) is 18.4 Å². The quantitative estimate of drug-likeness (QED) is 0.844. The predicted octanol–water partition coefficient (Wildman–Crippen LogP) is 0.824. The number of hydrogen-bond donors (Lipinski definition) is 1. The maximum Gasteiger partial charge on any atom is 0.269 e. The van der Waals surface area contributed by atoms with Gasteiger partial charge in [-0.1, -0.05) is 6.92 Å². The molecule has 1 aromatic rings. The van der Waals surface area contributed by atoms with Gasteiger partial charge in [-0.05, 0) is 18.6 Å². The van der Waals surface area contributed by atoms with Gasteiger partial charge in [-0.25, -0.2) is 4.98 Å². The summed E-state index contributed by atoms with van der Waals surface area (Å²) in [5, 5.41) is 9.26. The van der Waals surface area contributed by atoms with E-state index in [1.807, 2.05) is 6.92 Å². The highest BCUT2D eigenvalue weighted by molar-refractivity contribution is 5.98. The van der Waals surface area contributed by atoms with E-state index < -0.39 is 6.10 Å². The average molecular weight is 236 g/mol. The number of anilines is 1. The Labute approximate surface area is 100 Å². The second kappa shape index (κ2) is 4.71. The Morgan fingerprint density at radius 2 is 2.41 bits per heavy atom. The summed E-state index contributed by atoms with van der Waals surface area (Å²) in [7, 11) is 1.67. The number of aliphatic hydroxyl groups is 1. The van der Waals surface area contributed by atoms with Crippen LogP contribution in [0.15, 0.2) is 18.3 Å². The first kappa shape index (κ1) is 11.9. The lowest BCUT2D eigenvalue weighted by molar-refractivity contribution is -0.129. The van der Waals surface area contributed by atoms with Gasteiger partial charge in [0, 0.05) is 25.8 Å². The first-order valence-corrected chi connectivity index (χ1v) is 5.69. The predicted molar refractivity (Wildman–Crippen MR) is 62.9 cm³/mol. The van der Waals surface area contributed by atoms with E-state index in [0.29, 0.717) is 18.0 Å². The highest BCUT2D eigenvalue weighted by Crippen LogP contribution is 2.32. The van der Waals surface area contributed by atoms with Crippen LogP contribution < -0.4 is 9.64 Å². The number of aromatic nitrogens is 1. The smallest absolute Gasteiger partial charge is 0.269 e. The van der Waals surface area contributed by atoms with Gasteiger partial charge in [0.1, 0.15) is 0 Å². The van der Waals surface area contributed by atoms with Crippen LogP contribution in [0.2, 0.25) is 0 Å². The van der Waals surface area contributed by atoms with Crippen LogP contribution in [-0.2, 0) is 4.79 Å². The van der Waals surface area contributed by atoms with E-state index in [2.05, 4.69) is 4.98 Å². The monoisotopic (exact) mass is 236 g/mol. The van der Waals surface area contributed by atoms with Crippen molar-refractivity contribution in [2.24, 2.45) is 5.92 Å². The van der Waals surface area contributed by atoms with Crippen molar-refractivity contribution in [3.8, 4) is 5.75 Å². The average Bonchev–Trinajstić information content (AvgIpc) is 2.37. The normalized spacial score (nSPS) is 20.8. The second-order valence-corrected chi connectivity index (χ2v) is 4.11. The summed E-state index contributed by atoms with van der Waals surface area (Å²) in [5.74, 6) is 0.781. The molecule has 1 aliphatic rings. The highest BCUT2D eigenvalue weighted by atomic mass is 16.5. The van der Waals surface area contributed by atoms with Gasteiger partial charge in [0.25, 0.3) is 5.91 Å². The van der Waals surface area contributed by atoms with Crippen molar-refractivity contribution >= 4 is 11.7 Å². The van der Waals surface area contributed by atoms with Gasteiger partial charge in [0.15, 0.2) is 17.7 Å². The van der Waals surface area contributed by atoms with E-state index >= 15 is 0 Å². The molecule has 1 aliphatic heterocycles. The number of rotatable bonds is 3. The molecule has 92 valence electrons. The van der Waals surface area contributed by atoms with Crippen molar-refractivity contribution in [1.29, 1.82) is 0 Å². The molecule has 0 saturated heterocycles. The number of fused-ring (bicyclic) bond motifs is 1. The second-order valence-electron chi connectivity index (χ2n) is 4.11. The molecule has 1 aromatic heterocycles. The SMILES string of the molecule is CCC(CO)C1Oc2cccnc2N(C)C1=O. The number of amides is 1. The molecule has 0 bridgehead atoms. The summed E-state index contributed by atoms with van der Waals surface area (Å²) < 4.78 is 5.64. The molecule has 0 aliphatic carbocycles. The van der Waals surface area contributed by atoms with E-state index in [1.165, 1.54) is 4.90 Å². The maximum atomic E-state index is 12.1. The summed E-state index contributed by atoms with van der Waals surface area (Å²) in [6, 6.07) is 3.54. The number of pyridine rings is 1. The van der Waals surface area contributed by atoms with Gasteiger partial charge in [-0.15, -0.1) is 0 Å². The van der Waals surface area contributed by atoms with E-state index in [4.69, 9.17) is 4.74 Å². The Bertz CT molecular complexity index is 418. The highest BCUT2D eigenvalue weighted by Gasteiger charge is 2.37. The van der Waals surface area contributed by atoms with Gasteiger partial charge in [0.05, 0.1) is 0 Å². The minimum atomic E-state index is -0.619. The zero-order valence-corrected chi connectivity index (χ0v) is 9.96. The topological polar surface area (TPSA) is 62.7 Å². The Hall–Kier alpha value is -1.62. The van der Waals surface area contributed by atoms with Crippen LogP contribution in [0.25, 0.3) is 0 Å². The first-order chi connectivity index (χ1) is 8.19. The summed E-state index contributed by atoms with van der Waals surface area (Å²) >= 11 is 0. The third-order valence-corrected chi connectivity index (χ3v) is 3.08. The molecule has 0 saturated carbocycles. The molecule has 0 fully saturated rings. The van der Waals surface area contributed by atoms with E-state index in [9.17, 15) is 9.90 Å². The van der Waals surface area contributed by atoms with Crippen molar-refractivity contribution in [2.75, 3.05) is 18.6 Å². The molecule has 1 N–H and O–H groups in total. The lowest BCUT2D eigenvalue weighted by atomic mass is 9.98. The summed E-state index contributed by atoms with van der Waals surface area (Å²) in [6.45, 7) is 1.87. The van der Waals surface area contributed by atoms with Crippen LogP contribution >= 0.6 is 0 Å². The third kappa shape index (κ3) is 1.98. The Morgan fingerprint density at radius 1 is 1.65 bits per heavy atom. The molecule has 2 unspecified atom stereocenters. The molecule has 0 radical (unpaired) electrons. The number of likely N-dealkylation sites (N-methyl/N-ethyl adjacent to an activating group) is 1. The number of nitrogens with zero attached hydrogens (tertiary/aromatic N) is 2. The zero-order valence-electron chi connectivity index (χ0n) is 9.96. The fourth-order valence-corrected chi connectivity index (χ4v) is 1.95. The molecule has 2 heterocycles. The Balaban J connectivity index is 2.33. The van der Waals surface area contributed by atoms with Gasteiger partial charge >= 0.3 is 0 Å². The minimum Gasteiger partial charge on any atom is -0.476 e. The fourth-order valence-electron chi connectivity index (χ4n) is 1.95. The lowest BCUT2D eigenvalue weighted by Gasteiger charge is -2.34. The van der Waals surface area contributed by atoms with Crippen molar-refractivity contribution in [2.45, 2.75) is 19.4 Å². The van der Waals surface area contributed by atoms with Crippen LogP contribution in [-0.4, -0.2) is 35.8 Å². The van der Waals surface area contributed by atoms with Gasteiger partial charge in [0.2, 0.25) is 0 Å². The lowest BCUT2D eigenvalue weighted by Crippen LogP contribution is -2.48. The van der Waals surface area contributed by atoms with Crippen molar-refractivity contribution in [3.63, 3.8) is 0 Å². The van der Waals surface area contributed by atoms with Crippen LogP contribution in [0, 0.1) is 5.92 Å². The van der Waals surface area contributed by atoms with Gasteiger partial charge in [-0.3, -0.25) is 9.69 Å². The molecule has 2 rings (SSSR count). The molecular formula is C12H16N2O3. The first-order valence-electron chi connectivity index (χ1n) is 5.69. The fraction of sp³-hybridized carbons (Fsp3) is 0.500. The Morgan fingerprint density at radius 3 is 3.06 bits per heavy atom. The van der Waals surface area contributed by atoms with E-state index in [0.717, 1.165) is 0 Å². The van der Waals surface area contributed by atoms with Crippen molar-refractivity contribution in [1.82, 2.24) is 4.98 Å². The standard InChI is InChI=1S/C12H16N2O3/c1-3-8(7-15)10-12(16)14(2)11-9(17-10)5-4-6-13-11/h4-6,8,10,15H,3,7H2,1-2H3. The molecule has 17 heavy (non-hydrogen) atoms. The zero-order chi connectivity index (χ0) is 12.4. The molecule has 1 amide bonds. The van der Waals surface area contributed by atoms with Crippen LogP contribution in [0.4, 0.5) is 5.82 Å². The summed E-state index contributed by atoms with van der Waals surface area (Å²) in [6.07, 6.45) is 1.69. The molecule has 5 heteroatoms. The van der Waals surface area contributed by atoms with E-state index in [1.54, 1.807) is 25.4 Å². The third-order valence-electron chi connectivity index (χ3n) is 3.08. The molecule has 2 atom stereocenters. The number of carbonyl (C=O) groups excluding carboxylic acids is 1. The summed E-state index contributed by atoms with van der Waals surface area (Å²) in [4.78, 5) is 17.7. The van der Waals surface area contributed by atoms with Gasteiger partial charge in [-0.2, -0.15) is 0 Å². The minimum absolute atomic E-state index is 0.0592. The van der Waals surface area contributed by atoms with Crippen LogP contribution in [0.1, 0.15) is 13.3 Å². The Kier molecular flexibility index (Phi) is 3.28. The molecule has 0 spiro atoms. The summed E-state index contributed by atoms with van der Waals surface area (Å²) in [5.41, 5.74) is 0. The van der Waals surface area contributed by atoms with Crippen molar-refractivity contribution in [3.05, 3.63) is 18.3 Å². The largest absolute Gasteiger partial charge is 0.476 e. The number of carbonyl (C=O) groups is 1.